The van der Waals surface area contributed by atoms with E-state index in [1.54, 1.807) is 0 Å². The molecule has 0 saturated carbocycles. The van der Waals surface area contributed by atoms with Gasteiger partial charge in [-0.2, -0.15) is 0 Å². The molecule has 0 spiro atoms. The largest absolute Gasteiger partial charge is 0.140 e. The van der Waals surface area contributed by atoms with Crippen molar-refractivity contribution < 1.29 is 0 Å². The predicted octanol–water partition coefficient (Wildman–Crippen LogP) is 4.45. The van der Waals surface area contributed by atoms with E-state index in [9.17, 15) is 0 Å². The molecule has 0 heterocycles. The van der Waals surface area contributed by atoms with Crippen LogP contribution in [0.2, 0.25) is 0 Å². The van der Waals surface area contributed by atoms with Crippen molar-refractivity contribution in [3.05, 3.63) is 51.6 Å². The van der Waals surface area contributed by atoms with Crippen molar-refractivity contribution in [3.8, 4) is 11.1 Å². The number of hydrogen-bond donors (Lipinski definition) is 0. The zero-order valence-corrected chi connectivity index (χ0v) is 15.7. The van der Waals surface area contributed by atoms with E-state index in [0.29, 0.717) is 0 Å². The third kappa shape index (κ3) is 2.74. The maximum atomic E-state index is 2.36. The van der Waals surface area contributed by atoms with Crippen molar-refractivity contribution in [1.82, 2.24) is 0 Å². The summed E-state index contributed by atoms with van der Waals surface area (Å²) < 4.78 is 0. The van der Waals surface area contributed by atoms with E-state index in [0.717, 1.165) is 0 Å². The van der Waals surface area contributed by atoms with Gasteiger partial charge in [0.2, 0.25) is 0 Å². The maximum Gasteiger partial charge on any atom is 0.140 e. The van der Waals surface area contributed by atoms with Crippen LogP contribution >= 0.6 is 0 Å². The lowest BCUT2D eigenvalue weighted by atomic mass is 9.76. The van der Waals surface area contributed by atoms with Crippen molar-refractivity contribution >= 4 is 13.3 Å². The number of aryl methyl sites for hydroxylation is 1. The van der Waals surface area contributed by atoms with Crippen LogP contribution in [0.5, 0.6) is 0 Å². The van der Waals surface area contributed by atoms with Gasteiger partial charge in [0.05, 0.1) is 0 Å². The van der Waals surface area contributed by atoms with Gasteiger partial charge in [-0.1, -0.05) is 50.0 Å². The molecule has 0 saturated heterocycles. The molecule has 0 fully saturated rings. The van der Waals surface area contributed by atoms with Crippen molar-refractivity contribution in [3.63, 3.8) is 0 Å². The van der Waals surface area contributed by atoms with Gasteiger partial charge in [0.1, 0.15) is 7.85 Å². The third-order valence-electron chi connectivity index (χ3n) is 5.36. The summed E-state index contributed by atoms with van der Waals surface area (Å²) in [5, 5.41) is 0. The molecule has 0 atom stereocenters. The molecular weight excluding hydrogens is 263 g/mol. The zero-order chi connectivity index (χ0) is 16.8. The molecular formula is C21H29B. The highest BCUT2D eigenvalue weighted by molar-refractivity contribution is 6.37. The molecule has 116 valence electrons. The third-order valence-corrected chi connectivity index (χ3v) is 5.36. The molecule has 0 aliphatic rings. The summed E-state index contributed by atoms with van der Waals surface area (Å²) in [6.45, 7) is 18.1. The number of benzene rings is 2. The van der Waals surface area contributed by atoms with Crippen molar-refractivity contribution in [1.29, 1.82) is 0 Å². The zero-order valence-electron chi connectivity index (χ0n) is 15.7. The second-order valence-corrected chi connectivity index (χ2v) is 7.78. The first-order valence-corrected chi connectivity index (χ1v) is 8.24. The van der Waals surface area contributed by atoms with Crippen LogP contribution in [0.3, 0.4) is 0 Å². The highest BCUT2D eigenvalue weighted by Gasteiger charge is 2.18. The lowest BCUT2D eigenvalue weighted by molar-refractivity contribution is 0.590. The van der Waals surface area contributed by atoms with Gasteiger partial charge >= 0.3 is 0 Å². The first-order chi connectivity index (χ1) is 10.1. The van der Waals surface area contributed by atoms with Crippen LogP contribution < -0.4 is 5.46 Å². The highest BCUT2D eigenvalue weighted by atomic mass is 14.2. The second kappa shape index (κ2) is 5.61. The molecule has 0 nitrogen and oxygen atoms in total. The Kier molecular flexibility index (Phi) is 4.30. The van der Waals surface area contributed by atoms with Crippen LogP contribution in [0.4, 0.5) is 0 Å². The molecule has 22 heavy (non-hydrogen) atoms. The van der Waals surface area contributed by atoms with Crippen molar-refractivity contribution in [2.75, 3.05) is 0 Å². The van der Waals surface area contributed by atoms with Crippen LogP contribution in [-0.2, 0) is 5.41 Å². The molecule has 2 rings (SSSR count). The van der Waals surface area contributed by atoms with E-state index in [1.165, 1.54) is 50.0 Å². The smallest absolute Gasteiger partial charge is 0.0779 e. The Morgan fingerprint density at radius 1 is 0.773 bits per heavy atom. The summed E-state index contributed by atoms with van der Waals surface area (Å²) in [6, 6.07) is 6.98. The fourth-order valence-electron chi connectivity index (χ4n) is 3.31. The normalized spacial score (nSPS) is 11.8. The van der Waals surface area contributed by atoms with Crippen LogP contribution in [0.25, 0.3) is 11.1 Å². The Balaban J connectivity index is 2.74. The predicted molar refractivity (Wildman–Crippen MR) is 102 cm³/mol. The Hall–Kier alpha value is -1.50. The molecule has 0 aliphatic carbocycles. The summed E-state index contributed by atoms with van der Waals surface area (Å²) in [5.41, 5.74) is 12.9. The van der Waals surface area contributed by atoms with Gasteiger partial charge in [-0.15, -0.1) is 0 Å². The monoisotopic (exact) mass is 292 g/mol. The number of hydrogen-bond acceptors (Lipinski definition) is 0. The summed E-state index contributed by atoms with van der Waals surface area (Å²) in [7, 11) is 2.27. The van der Waals surface area contributed by atoms with Crippen LogP contribution in [0, 0.1) is 34.6 Å². The minimum absolute atomic E-state index is 0.201. The molecule has 0 unspecified atom stereocenters. The summed E-state index contributed by atoms with van der Waals surface area (Å²) in [5.74, 6) is 0. The quantitative estimate of drug-likeness (QED) is 0.681. The molecule has 0 N–H and O–H groups in total. The van der Waals surface area contributed by atoms with Crippen LogP contribution in [-0.4, -0.2) is 7.85 Å². The van der Waals surface area contributed by atoms with Gasteiger partial charge in [-0.25, -0.2) is 0 Å². The van der Waals surface area contributed by atoms with E-state index < -0.39 is 0 Å². The maximum absolute atomic E-state index is 2.36. The SMILES string of the molecule is Bc1c(C)c(C)c(C)c(C)c1-c1ccc(C(C)(C)C)cc1C. The lowest BCUT2D eigenvalue weighted by Crippen LogP contribution is -2.17. The molecule has 1 heteroatoms. The van der Waals surface area contributed by atoms with E-state index >= 15 is 0 Å². The minimum Gasteiger partial charge on any atom is -0.0779 e. The van der Waals surface area contributed by atoms with Gasteiger partial charge in [0.15, 0.2) is 0 Å². The average Bonchev–Trinajstić information content (AvgIpc) is 2.43. The highest BCUT2D eigenvalue weighted by Crippen LogP contribution is 2.32. The average molecular weight is 292 g/mol. The van der Waals surface area contributed by atoms with Gasteiger partial charge in [-0.05, 0) is 79.0 Å². The molecule has 0 aliphatic heterocycles. The lowest BCUT2D eigenvalue weighted by Gasteiger charge is -2.23. The fourth-order valence-corrected chi connectivity index (χ4v) is 3.31. The Morgan fingerprint density at radius 3 is 1.82 bits per heavy atom. The summed E-state index contributed by atoms with van der Waals surface area (Å²) >= 11 is 0. The molecule has 2 aromatic carbocycles. The first-order valence-electron chi connectivity index (χ1n) is 8.24. The molecule has 0 radical (unpaired) electrons. The van der Waals surface area contributed by atoms with Crippen LogP contribution in [0.1, 0.15) is 54.2 Å². The Morgan fingerprint density at radius 2 is 1.32 bits per heavy atom. The van der Waals surface area contributed by atoms with Gasteiger partial charge in [0, 0.05) is 0 Å². The Bertz CT molecular complexity index is 702. The van der Waals surface area contributed by atoms with E-state index in [4.69, 9.17) is 0 Å². The van der Waals surface area contributed by atoms with Gasteiger partial charge in [0.25, 0.3) is 0 Å². The molecule has 0 bridgehead atoms. The van der Waals surface area contributed by atoms with Gasteiger partial charge in [-0.3, -0.25) is 0 Å². The molecule has 0 aromatic heterocycles. The van der Waals surface area contributed by atoms with Crippen LogP contribution in [0.15, 0.2) is 18.2 Å². The van der Waals surface area contributed by atoms with Crippen molar-refractivity contribution in [2.24, 2.45) is 0 Å². The summed E-state index contributed by atoms with van der Waals surface area (Å²) in [6.07, 6.45) is 0. The standard InChI is InChI=1S/C21H29B/c1-12-11-17(21(6,7)8)9-10-18(12)19-15(4)13(2)14(3)16(5)20(19)22/h9-11H,22H2,1-8H3. The fraction of sp³-hybridized carbons (Fsp3) is 0.429. The van der Waals surface area contributed by atoms with Gasteiger partial charge < -0.3 is 0 Å². The topological polar surface area (TPSA) is 0 Å². The molecule has 2 aromatic rings. The van der Waals surface area contributed by atoms with E-state index in [-0.39, 0.29) is 5.41 Å². The summed E-state index contributed by atoms with van der Waals surface area (Å²) in [4.78, 5) is 0. The minimum atomic E-state index is 0.201. The van der Waals surface area contributed by atoms with Crippen molar-refractivity contribution in [2.45, 2.75) is 60.8 Å². The second-order valence-electron chi connectivity index (χ2n) is 7.78. The molecule has 0 amide bonds. The van der Waals surface area contributed by atoms with E-state index in [2.05, 4.69) is 81.4 Å². The van der Waals surface area contributed by atoms with E-state index in [1.807, 2.05) is 0 Å². The Labute approximate surface area is 137 Å². The number of rotatable bonds is 1. The first kappa shape index (κ1) is 16.9.